The minimum atomic E-state index is 0. The predicted molar refractivity (Wildman–Crippen MR) is 46.3 cm³/mol. The second kappa shape index (κ2) is 9.21. The highest BCUT2D eigenvalue weighted by molar-refractivity contribution is 9.23. The van der Waals surface area contributed by atoms with Crippen molar-refractivity contribution in [1.29, 1.82) is 0 Å². The SMILES string of the molecule is C1CCOC1.C[CH2][Mg][Br].[H+]. The van der Waals surface area contributed by atoms with E-state index in [9.17, 15) is 0 Å². The zero-order valence-electron chi connectivity index (χ0n) is 7.03. The molecule has 52 valence electrons. The number of hydrogen-bond donors (Lipinski definition) is 0. The summed E-state index contributed by atoms with van der Waals surface area (Å²) in [5, 5.41) is 0. The Hall–Kier alpha value is 1.21. The molecular weight excluding hydrogens is 192 g/mol. The molecule has 0 radical (unpaired) electrons. The van der Waals surface area contributed by atoms with Gasteiger partial charge in [0, 0.05) is 13.2 Å². The minimum Gasteiger partial charge on any atom is -0.381 e. The lowest BCUT2D eigenvalue weighted by Gasteiger charge is -1.76. The van der Waals surface area contributed by atoms with Crippen molar-refractivity contribution < 1.29 is 6.16 Å². The van der Waals surface area contributed by atoms with Gasteiger partial charge in [-0.15, -0.1) is 4.55 Å². The second-order valence-corrected chi connectivity index (χ2v) is 5.77. The quantitative estimate of drug-likeness (QED) is 0.598. The molecule has 0 bridgehead atoms. The average molecular weight is 206 g/mol. The highest BCUT2D eigenvalue weighted by Gasteiger charge is 1.94. The van der Waals surface area contributed by atoms with E-state index in [1.165, 1.54) is 17.4 Å². The molecule has 0 N–H and O–H groups in total. The first-order valence-electron chi connectivity index (χ1n) is 3.55. The maximum absolute atomic E-state index is 4.94. The molecule has 1 nitrogen and oxygen atoms in total. The number of rotatable bonds is 1. The van der Waals surface area contributed by atoms with E-state index in [1.807, 2.05) is 0 Å². The van der Waals surface area contributed by atoms with E-state index in [-0.39, 0.29) is 19.6 Å². The number of halogens is 1. The zero-order valence-corrected chi connectivity index (χ0v) is 9.03. The molecule has 1 fully saturated rings. The maximum atomic E-state index is 4.94. The van der Waals surface area contributed by atoms with Crippen LogP contribution in [-0.2, 0) is 4.74 Å². The van der Waals surface area contributed by atoms with Crippen molar-refractivity contribution in [3.05, 3.63) is 0 Å². The largest absolute Gasteiger partial charge is 1.00 e. The van der Waals surface area contributed by atoms with E-state index in [1.54, 1.807) is 0 Å². The Balaban J connectivity index is 0. The molecule has 0 unspecified atom stereocenters. The summed E-state index contributed by atoms with van der Waals surface area (Å²) < 4.78 is 6.32. The summed E-state index contributed by atoms with van der Waals surface area (Å²) >= 11 is 3.62. The van der Waals surface area contributed by atoms with Crippen molar-refractivity contribution >= 4 is 31.1 Å². The van der Waals surface area contributed by atoms with E-state index in [0.717, 1.165) is 13.2 Å². The molecule has 3 heteroatoms. The van der Waals surface area contributed by atoms with Gasteiger partial charge < -0.3 is 17.6 Å². The van der Waals surface area contributed by atoms with Gasteiger partial charge in [0.1, 0.15) is 0 Å². The van der Waals surface area contributed by atoms with Crippen LogP contribution in [0.1, 0.15) is 21.2 Å². The van der Waals surface area contributed by atoms with Crippen molar-refractivity contribution in [2.24, 2.45) is 0 Å². The smallest absolute Gasteiger partial charge is 0.381 e. The van der Waals surface area contributed by atoms with Crippen LogP contribution in [0.3, 0.4) is 0 Å². The van der Waals surface area contributed by atoms with E-state index >= 15 is 0 Å². The van der Waals surface area contributed by atoms with Gasteiger partial charge >= 0.3 is 19.6 Å². The summed E-state index contributed by atoms with van der Waals surface area (Å²) in [6.07, 6.45) is 2.56. The van der Waals surface area contributed by atoms with Crippen LogP contribution in [0, 0.1) is 0 Å². The number of hydrogen-bond acceptors (Lipinski definition) is 1. The van der Waals surface area contributed by atoms with Crippen LogP contribution in [0.2, 0.25) is 4.55 Å². The van der Waals surface area contributed by atoms with Crippen LogP contribution in [0.15, 0.2) is 0 Å². The summed E-state index contributed by atoms with van der Waals surface area (Å²) in [5.41, 5.74) is 0. The first-order chi connectivity index (χ1) is 4.41. The first-order valence-corrected chi connectivity index (χ1v) is 8.45. The van der Waals surface area contributed by atoms with Crippen LogP contribution in [0.25, 0.3) is 0 Å². The molecule has 1 aliphatic rings. The van der Waals surface area contributed by atoms with Gasteiger partial charge in [-0.2, -0.15) is 0 Å². The Labute approximate surface area is 74.6 Å². The van der Waals surface area contributed by atoms with E-state index < -0.39 is 0 Å². The Bertz CT molecular complexity index is 43.4. The van der Waals surface area contributed by atoms with Gasteiger partial charge in [0.15, 0.2) is 0 Å². The van der Waals surface area contributed by atoms with Crippen LogP contribution in [0.4, 0.5) is 0 Å². The molecule has 0 spiro atoms. The lowest BCUT2D eigenvalue weighted by Crippen LogP contribution is -1.74. The molecule has 1 saturated heterocycles. The first kappa shape index (κ1) is 10.2. The molecule has 1 heterocycles. The van der Waals surface area contributed by atoms with Crippen molar-refractivity contribution in [1.82, 2.24) is 0 Å². The average Bonchev–Trinajstić information content (AvgIpc) is 2.43. The summed E-state index contributed by atoms with van der Waals surface area (Å²) in [5.74, 6) is 0. The third-order valence-corrected chi connectivity index (χ3v) is 3.77. The molecule has 1 aliphatic heterocycles. The molecule has 0 amide bonds. The fourth-order valence-corrected chi connectivity index (χ4v) is 0.510. The van der Waals surface area contributed by atoms with Crippen LogP contribution in [-0.4, -0.2) is 31.4 Å². The fraction of sp³-hybridized carbons (Fsp3) is 1.00. The van der Waals surface area contributed by atoms with Gasteiger partial charge in [0.25, 0.3) is 0 Å². The van der Waals surface area contributed by atoms with Gasteiger partial charge in [0.2, 0.25) is 0 Å². The highest BCUT2D eigenvalue weighted by atomic mass is 79.9. The van der Waals surface area contributed by atoms with Crippen LogP contribution in [0.5, 0.6) is 0 Å². The molecule has 9 heavy (non-hydrogen) atoms. The Morgan fingerprint density at radius 1 is 1.56 bits per heavy atom. The third-order valence-electron chi connectivity index (χ3n) is 1.02. The van der Waals surface area contributed by atoms with Gasteiger partial charge in [0.05, 0.1) is 0 Å². The summed E-state index contributed by atoms with van der Waals surface area (Å²) in [6, 6.07) is 0. The highest BCUT2D eigenvalue weighted by Crippen LogP contribution is 1.98. The van der Waals surface area contributed by atoms with Gasteiger partial charge in [-0.3, -0.25) is 0 Å². The van der Waals surface area contributed by atoms with E-state index in [0.29, 0.717) is 0 Å². The molecular formula is C6H14BrMgO+. The Kier molecular flexibility index (Phi) is 10.4. The Morgan fingerprint density at radius 3 is 2.11 bits per heavy atom. The molecule has 0 aliphatic carbocycles. The fourth-order valence-electron chi connectivity index (χ4n) is 0.510. The third kappa shape index (κ3) is 9.21. The summed E-state index contributed by atoms with van der Waals surface area (Å²) in [6.45, 7) is 4.20. The lowest BCUT2D eigenvalue weighted by atomic mass is 10.4. The minimum absolute atomic E-state index is 0. The lowest BCUT2D eigenvalue weighted by molar-refractivity contribution is 0.198. The van der Waals surface area contributed by atoms with Crippen molar-refractivity contribution in [2.45, 2.75) is 24.3 Å². The molecule has 0 atom stereocenters. The molecule has 0 aromatic heterocycles. The van der Waals surface area contributed by atoms with Crippen molar-refractivity contribution in [2.75, 3.05) is 13.2 Å². The van der Waals surface area contributed by atoms with Gasteiger partial charge in [-0.1, -0.05) is 6.92 Å². The normalized spacial score (nSPS) is 15.8. The predicted octanol–water partition coefficient (Wildman–Crippen LogP) is 2.35. The van der Waals surface area contributed by atoms with Gasteiger partial charge in [-0.05, 0) is 12.8 Å². The van der Waals surface area contributed by atoms with Crippen molar-refractivity contribution in [3.63, 3.8) is 0 Å². The summed E-state index contributed by atoms with van der Waals surface area (Å²) in [7, 11) is 0. The molecule has 0 aromatic rings. The van der Waals surface area contributed by atoms with E-state index in [4.69, 9.17) is 4.74 Å². The molecule has 0 aromatic carbocycles. The van der Waals surface area contributed by atoms with E-state index in [2.05, 4.69) is 19.8 Å². The maximum Gasteiger partial charge on any atom is 1.00 e. The Morgan fingerprint density at radius 2 is 2.00 bits per heavy atom. The second-order valence-electron chi connectivity index (χ2n) is 2.01. The zero-order chi connectivity index (χ0) is 6.95. The molecule has 1 rings (SSSR count). The van der Waals surface area contributed by atoms with Crippen LogP contribution < -0.4 is 0 Å². The topological polar surface area (TPSA) is 9.23 Å². The summed E-state index contributed by atoms with van der Waals surface area (Å²) in [4.78, 5) is 0. The molecule has 0 saturated carbocycles. The van der Waals surface area contributed by atoms with Crippen molar-refractivity contribution in [3.8, 4) is 0 Å². The number of ether oxygens (including phenoxy) is 1. The van der Waals surface area contributed by atoms with Crippen LogP contribution >= 0.6 is 12.9 Å². The monoisotopic (exact) mass is 205 g/mol. The standard InChI is InChI=1S/C4H8O.C2H5.BrH.Mg/c1-2-4-5-3-1;1-2;;/h1-4H2;1H2,2H3;1H;/q;;;+1. The van der Waals surface area contributed by atoms with Gasteiger partial charge in [-0.25, -0.2) is 0 Å².